The second-order valence-electron chi connectivity index (χ2n) is 30.0. The Labute approximate surface area is 420 Å². The van der Waals surface area contributed by atoms with Gasteiger partial charge >= 0.3 is 11.9 Å². The topological polar surface area (TPSA) is 185 Å². The number of hydrogen-bond acceptors (Lipinski definition) is 9. The van der Waals surface area contributed by atoms with Gasteiger partial charge in [0, 0.05) is 16.2 Å². The predicted octanol–water partition coefficient (Wildman–Crippen LogP) is 9.81. The zero-order valence-corrected chi connectivity index (χ0v) is 45.1. The number of rotatable bonds is 6. The third kappa shape index (κ3) is 6.36. The molecule has 0 heterocycles. The molecule has 10 rings (SSSR count). The number of hydrogen-bond donors (Lipinski definition) is 7. The number of carbonyl (C=O) groups is 2. The molecule has 21 atom stereocenters. The molecule has 10 unspecified atom stereocenters. The van der Waals surface area contributed by atoms with Gasteiger partial charge in [0.25, 0.3) is 0 Å². The second-order valence-corrected chi connectivity index (χ2v) is 30.0. The van der Waals surface area contributed by atoms with Crippen LogP contribution in [0.2, 0.25) is 0 Å². The van der Waals surface area contributed by atoms with Crippen molar-refractivity contribution in [2.24, 2.45) is 100 Å². The molecule has 10 heteroatoms. The van der Waals surface area contributed by atoms with E-state index in [1.165, 1.54) is 5.57 Å². The van der Waals surface area contributed by atoms with Gasteiger partial charge in [-0.1, -0.05) is 92.5 Å². The van der Waals surface area contributed by atoms with E-state index in [1.807, 2.05) is 20.8 Å². The monoisotopic (exact) mass is 975 g/mol. The van der Waals surface area contributed by atoms with Crippen molar-refractivity contribution < 1.29 is 50.1 Å². The van der Waals surface area contributed by atoms with Gasteiger partial charge in [0.1, 0.15) is 0 Å². The Morgan fingerprint density at radius 3 is 1.50 bits per heavy atom. The van der Waals surface area contributed by atoms with Crippen LogP contribution in [-0.2, 0) is 14.3 Å². The van der Waals surface area contributed by atoms with E-state index in [0.717, 1.165) is 77.0 Å². The van der Waals surface area contributed by atoms with Gasteiger partial charge in [-0.2, -0.15) is 0 Å². The molecular formula is C60H94O10. The van der Waals surface area contributed by atoms with Gasteiger partial charge in [0.15, 0.2) is 0 Å². The van der Waals surface area contributed by atoms with Crippen molar-refractivity contribution in [3.63, 3.8) is 0 Å². The Morgan fingerprint density at radius 1 is 0.557 bits per heavy atom. The first kappa shape index (κ1) is 51.7. The average Bonchev–Trinajstić information content (AvgIpc) is 3.29. The molecule has 0 saturated heterocycles. The van der Waals surface area contributed by atoms with Gasteiger partial charge in [-0.25, -0.2) is 0 Å². The summed E-state index contributed by atoms with van der Waals surface area (Å²) in [4.78, 5) is 28.9. The highest BCUT2D eigenvalue weighted by Gasteiger charge is 2.73. The van der Waals surface area contributed by atoms with Crippen molar-refractivity contribution in [1.82, 2.24) is 0 Å². The minimum atomic E-state index is -0.993. The summed E-state index contributed by atoms with van der Waals surface area (Å²) >= 11 is 0. The Morgan fingerprint density at radius 2 is 1.01 bits per heavy atom. The Kier molecular flexibility index (Phi) is 11.7. The van der Waals surface area contributed by atoms with Crippen LogP contribution in [0.5, 0.6) is 0 Å². The van der Waals surface area contributed by atoms with Gasteiger partial charge in [-0.3, -0.25) is 9.59 Å². The van der Waals surface area contributed by atoms with Crippen LogP contribution in [0.4, 0.5) is 0 Å². The molecule has 10 aliphatic carbocycles. The van der Waals surface area contributed by atoms with Crippen LogP contribution >= 0.6 is 0 Å². The number of ether oxygens (including phenoxy) is 1. The minimum Gasteiger partial charge on any atom is -0.481 e. The largest absolute Gasteiger partial charge is 0.481 e. The van der Waals surface area contributed by atoms with Gasteiger partial charge in [-0.05, 0) is 196 Å². The molecule has 0 bridgehead atoms. The smallest absolute Gasteiger partial charge is 0.312 e. The fourth-order valence-corrected chi connectivity index (χ4v) is 21.9. The lowest BCUT2D eigenvalue weighted by molar-refractivity contribution is -0.245. The molecule has 8 saturated carbocycles. The van der Waals surface area contributed by atoms with E-state index >= 15 is 4.79 Å². The molecule has 8 fully saturated rings. The highest BCUT2D eigenvalue weighted by Crippen LogP contribution is 2.78. The average molecular weight is 975 g/mol. The fourth-order valence-electron chi connectivity index (χ4n) is 21.9. The van der Waals surface area contributed by atoms with E-state index in [-0.39, 0.29) is 98.0 Å². The van der Waals surface area contributed by atoms with Gasteiger partial charge < -0.3 is 40.5 Å². The maximum Gasteiger partial charge on any atom is 0.312 e. The third-order valence-electron chi connectivity index (χ3n) is 26.8. The molecule has 0 radical (unpaired) electrons. The highest BCUT2D eigenvalue weighted by molar-refractivity contribution is 5.81. The molecule has 0 spiro atoms. The van der Waals surface area contributed by atoms with E-state index in [4.69, 9.17) is 4.74 Å². The molecule has 10 aliphatic rings. The van der Waals surface area contributed by atoms with Crippen molar-refractivity contribution >= 4 is 11.9 Å². The maximum absolute atomic E-state index is 15.7. The number of carbonyl (C=O) groups excluding carboxylic acids is 1. The number of aliphatic hydroxyl groups excluding tert-OH is 6. The second kappa shape index (κ2) is 15.9. The van der Waals surface area contributed by atoms with Crippen molar-refractivity contribution in [2.45, 2.75) is 216 Å². The molecule has 0 aromatic rings. The van der Waals surface area contributed by atoms with Crippen molar-refractivity contribution in [1.29, 1.82) is 0 Å². The molecule has 0 aliphatic heterocycles. The summed E-state index contributed by atoms with van der Waals surface area (Å²) in [6.07, 6.45) is 15.3. The molecule has 394 valence electrons. The van der Waals surface area contributed by atoms with E-state index < -0.39 is 52.0 Å². The molecule has 70 heavy (non-hydrogen) atoms. The summed E-state index contributed by atoms with van der Waals surface area (Å²) in [5, 5.41) is 77.9. The van der Waals surface area contributed by atoms with Gasteiger partial charge in [0.2, 0.25) is 0 Å². The zero-order valence-electron chi connectivity index (χ0n) is 45.1. The summed E-state index contributed by atoms with van der Waals surface area (Å²) in [5.74, 6) is -0.371. The quantitative estimate of drug-likeness (QED) is 0.0999. The maximum atomic E-state index is 15.7. The van der Waals surface area contributed by atoms with Gasteiger partial charge in [-0.15, -0.1) is 0 Å². The third-order valence-corrected chi connectivity index (χ3v) is 26.8. The summed E-state index contributed by atoms with van der Waals surface area (Å²) < 4.78 is 7.02. The number of aliphatic hydroxyl groups is 6. The first-order valence-corrected chi connectivity index (χ1v) is 28.2. The number of esters is 1. The number of carboxylic acid groups (broad SMARTS) is 1. The van der Waals surface area contributed by atoms with Crippen LogP contribution < -0.4 is 0 Å². The molecule has 0 aromatic heterocycles. The first-order valence-electron chi connectivity index (χ1n) is 28.2. The lowest BCUT2D eigenvalue weighted by atomic mass is 9.33. The highest BCUT2D eigenvalue weighted by atomic mass is 16.5. The SMILES string of the molecule is CC1(C)CC[C@]2(COC(=O)[C@]34CCC(C)(C(=O)O)C[C@@H]3C3=CCC5[C@@]6(C)CC(O)C(O)C(C)(CO)C6CC[C@@]5(C)[C@]3(C)CC4)CC[C@]3(C)C(=CC[C@@H]4[C@@]5(C)CC(O)C(O)C(C)(CO)C5CC[C@]43C)[C@H]2C1. The number of aliphatic carboxylic acids is 1. The van der Waals surface area contributed by atoms with Crippen LogP contribution in [-0.4, -0.2) is 91.9 Å². The first-order chi connectivity index (χ1) is 32.4. The fraction of sp³-hybridized carbons (Fsp3) is 0.900. The molecule has 0 aromatic carbocycles. The summed E-state index contributed by atoms with van der Waals surface area (Å²) in [7, 11) is 0. The number of allylic oxidation sites excluding steroid dienone is 4. The predicted molar refractivity (Wildman–Crippen MR) is 269 cm³/mol. The summed E-state index contributed by atoms with van der Waals surface area (Å²) in [5.41, 5.74) is -1.95. The summed E-state index contributed by atoms with van der Waals surface area (Å²) in [6.45, 7) is 25.2. The zero-order chi connectivity index (χ0) is 51.1. The van der Waals surface area contributed by atoms with Crippen molar-refractivity contribution in [2.75, 3.05) is 19.8 Å². The van der Waals surface area contributed by atoms with Crippen molar-refractivity contribution in [3.05, 3.63) is 23.3 Å². The van der Waals surface area contributed by atoms with Crippen LogP contribution in [0.15, 0.2) is 23.3 Å². The van der Waals surface area contributed by atoms with Gasteiger partial charge in [0.05, 0.1) is 55.1 Å². The van der Waals surface area contributed by atoms with E-state index in [0.29, 0.717) is 45.1 Å². The van der Waals surface area contributed by atoms with E-state index in [1.54, 1.807) is 5.57 Å². The Bertz CT molecular complexity index is 2220. The van der Waals surface area contributed by atoms with Crippen LogP contribution in [0.3, 0.4) is 0 Å². The van der Waals surface area contributed by atoms with Crippen LogP contribution in [0.25, 0.3) is 0 Å². The Hall–Kier alpha value is -1.82. The number of carboxylic acids is 1. The minimum absolute atomic E-state index is 0.0324. The van der Waals surface area contributed by atoms with E-state index in [9.17, 15) is 40.5 Å². The normalized spacial score (nSPS) is 56.6. The standard InChI is InChI=1S/C60H94O10/c1-49(2)20-24-59(25-22-55(8)35(37(59)28-49)12-14-43-51(4)30-39(63)45(65)53(6,32-61)41(51)16-18-57(43,55)10)34-70-48(69)60-26-21-50(3,47(67)68)29-38(60)36-13-15-44-52(5)31-40(64)46(66)54(7,33-62)42(52)17-19-58(44,11)56(36,9)23-27-60/h12-13,37-46,61-66H,14-34H2,1-11H3,(H,67,68)/t37-,38-,39?,40?,41?,42?,43-,44?,45?,46?,50?,51+,52+,53?,54?,55-,56-,57-,58-,59-,60+/m1/s1. The number of fused-ring (bicyclic) bond motifs is 14. The molecule has 0 amide bonds. The lowest BCUT2D eigenvalue weighted by Crippen LogP contribution is -2.68. The van der Waals surface area contributed by atoms with Crippen LogP contribution in [0.1, 0.15) is 192 Å². The Balaban J connectivity index is 0.970. The molecule has 10 nitrogen and oxygen atoms in total. The molecule has 7 N–H and O–H groups in total. The van der Waals surface area contributed by atoms with Crippen LogP contribution in [0, 0.1) is 100 Å². The molecular weight excluding hydrogens is 881 g/mol. The van der Waals surface area contributed by atoms with Crippen molar-refractivity contribution in [3.8, 4) is 0 Å². The lowest BCUT2D eigenvalue weighted by Gasteiger charge is -2.72. The summed E-state index contributed by atoms with van der Waals surface area (Å²) in [6, 6.07) is 0. The van der Waals surface area contributed by atoms with E-state index in [2.05, 4.69) is 67.5 Å².